The van der Waals surface area contributed by atoms with E-state index in [2.05, 4.69) is 32.0 Å². The SMILES string of the molecule is Cc1cccc2c1[C@]1(C)OC1CC2. The molecule has 1 nitrogen and oxygen atoms in total. The Balaban J connectivity index is 2.24. The predicted molar refractivity (Wildman–Crippen MR) is 51.7 cm³/mol. The standard InChI is InChI=1S/C12H14O/c1-8-4-3-5-9-6-7-10-12(2,13-10)11(8)9/h3-5,10H,6-7H2,1-2H3/t10?,12-/m1/s1. The second-order valence-electron chi connectivity index (χ2n) is 4.36. The third-order valence-corrected chi connectivity index (χ3v) is 3.48. The first-order chi connectivity index (χ1) is 6.22. The molecular weight excluding hydrogens is 160 g/mol. The van der Waals surface area contributed by atoms with Crippen molar-refractivity contribution >= 4 is 0 Å². The van der Waals surface area contributed by atoms with Gasteiger partial charge >= 0.3 is 0 Å². The van der Waals surface area contributed by atoms with Gasteiger partial charge in [0.2, 0.25) is 0 Å². The van der Waals surface area contributed by atoms with Crippen molar-refractivity contribution in [3.63, 3.8) is 0 Å². The van der Waals surface area contributed by atoms with Crippen LogP contribution in [0.1, 0.15) is 30.0 Å². The molecule has 1 heterocycles. The Morgan fingerprint density at radius 1 is 1.46 bits per heavy atom. The molecule has 2 atom stereocenters. The number of rotatable bonds is 0. The van der Waals surface area contributed by atoms with Gasteiger partial charge in [0, 0.05) is 0 Å². The van der Waals surface area contributed by atoms with Gasteiger partial charge in [-0.2, -0.15) is 0 Å². The van der Waals surface area contributed by atoms with E-state index in [1.165, 1.54) is 29.5 Å². The molecule has 3 rings (SSSR count). The zero-order valence-corrected chi connectivity index (χ0v) is 8.13. The molecule has 1 saturated heterocycles. The third-order valence-electron chi connectivity index (χ3n) is 3.48. The van der Waals surface area contributed by atoms with Crippen molar-refractivity contribution in [3.05, 3.63) is 34.9 Å². The minimum atomic E-state index is 0.0684. The lowest BCUT2D eigenvalue weighted by Gasteiger charge is -2.20. The van der Waals surface area contributed by atoms with Gasteiger partial charge in [-0.15, -0.1) is 0 Å². The van der Waals surface area contributed by atoms with Crippen LogP contribution >= 0.6 is 0 Å². The summed E-state index contributed by atoms with van der Waals surface area (Å²) >= 11 is 0. The molecule has 1 heteroatoms. The van der Waals surface area contributed by atoms with Crippen LogP contribution in [0, 0.1) is 6.92 Å². The summed E-state index contributed by atoms with van der Waals surface area (Å²) < 4.78 is 5.77. The van der Waals surface area contributed by atoms with Crippen molar-refractivity contribution in [2.75, 3.05) is 0 Å². The number of hydrogen-bond donors (Lipinski definition) is 0. The van der Waals surface area contributed by atoms with E-state index in [0.717, 1.165) is 0 Å². The quantitative estimate of drug-likeness (QED) is 0.551. The molecule has 1 aliphatic heterocycles. The minimum absolute atomic E-state index is 0.0684. The van der Waals surface area contributed by atoms with Gasteiger partial charge in [-0.25, -0.2) is 0 Å². The molecular formula is C12H14O. The van der Waals surface area contributed by atoms with E-state index in [0.29, 0.717) is 6.10 Å². The highest BCUT2D eigenvalue weighted by molar-refractivity contribution is 5.44. The highest BCUT2D eigenvalue weighted by atomic mass is 16.6. The molecule has 0 amide bonds. The van der Waals surface area contributed by atoms with Gasteiger partial charge < -0.3 is 4.74 Å². The van der Waals surface area contributed by atoms with Crippen molar-refractivity contribution in [1.29, 1.82) is 0 Å². The fourth-order valence-corrected chi connectivity index (χ4v) is 2.75. The van der Waals surface area contributed by atoms with Crippen LogP contribution in [0.25, 0.3) is 0 Å². The van der Waals surface area contributed by atoms with Gasteiger partial charge in [-0.05, 0) is 43.4 Å². The van der Waals surface area contributed by atoms with E-state index in [1.54, 1.807) is 0 Å². The maximum atomic E-state index is 5.77. The fourth-order valence-electron chi connectivity index (χ4n) is 2.75. The van der Waals surface area contributed by atoms with E-state index in [1.807, 2.05) is 0 Å². The molecule has 0 spiro atoms. The van der Waals surface area contributed by atoms with Gasteiger partial charge in [0.05, 0.1) is 6.10 Å². The molecule has 1 aliphatic carbocycles. The van der Waals surface area contributed by atoms with Crippen molar-refractivity contribution in [3.8, 4) is 0 Å². The average molecular weight is 174 g/mol. The molecule has 68 valence electrons. The summed E-state index contributed by atoms with van der Waals surface area (Å²) in [6, 6.07) is 6.58. The second kappa shape index (κ2) is 2.16. The van der Waals surface area contributed by atoms with E-state index >= 15 is 0 Å². The maximum Gasteiger partial charge on any atom is 0.117 e. The normalized spacial score (nSPS) is 35.1. The molecule has 2 aliphatic rings. The van der Waals surface area contributed by atoms with E-state index in [-0.39, 0.29) is 5.60 Å². The van der Waals surface area contributed by atoms with Crippen molar-refractivity contribution < 1.29 is 4.74 Å². The molecule has 1 fully saturated rings. The largest absolute Gasteiger partial charge is 0.361 e. The Morgan fingerprint density at radius 2 is 2.31 bits per heavy atom. The molecule has 1 unspecified atom stereocenters. The Kier molecular flexibility index (Phi) is 1.26. The lowest BCUT2D eigenvalue weighted by molar-refractivity contribution is 0.314. The number of hydrogen-bond acceptors (Lipinski definition) is 1. The Morgan fingerprint density at radius 3 is 3.15 bits per heavy atom. The summed E-state index contributed by atoms with van der Waals surface area (Å²) in [5, 5.41) is 0. The second-order valence-corrected chi connectivity index (χ2v) is 4.36. The maximum absolute atomic E-state index is 5.77. The number of aryl methyl sites for hydroxylation is 2. The summed E-state index contributed by atoms with van der Waals surface area (Å²) in [4.78, 5) is 0. The third kappa shape index (κ3) is 0.856. The highest BCUT2D eigenvalue weighted by Crippen LogP contribution is 2.53. The van der Waals surface area contributed by atoms with E-state index < -0.39 is 0 Å². The van der Waals surface area contributed by atoms with Gasteiger partial charge in [0.15, 0.2) is 0 Å². The number of benzene rings is 1. The Labute approximate surface area is 78.7 Å². The lowest BCUT2D eigenvalue weighted by atomic mass is 9.81. The van der Waals surface area contributed by atoms with Gasteiger partial charge in [-0.1, -0.05) is 18.2 Å². The molecule has 13 heavy (non-hydrogen) atoms. The zero-order valence-electron chi connectivity index (χ0n) is 8.13. The van der Waals surface area contributed by atoms with Crippen LogP contribution in [0.4, 0.5) is 0 Å². The van der Waals surface area contributed by atoms with Gasteiger partial charge in [-0.3, -0.25) is 0 Å². The fraction of sp³-hybridized carbons (Fsp3) is 0.500. The summed E-state index contributed by atoms with van der Waals surface area (Å²) in [7, 11) is 0. The Bertz CT molecular complexity index is 369. The number of fused-ring (bicyclic) bond motifs is 3. The van der Waals surface area contributed by atoms with E-state index in [9.17, 15) is 0 Å². The van der Waals surface area contributed by atoms with Crippen LogP contribution in [0.2, 0.25) is 0 Å². The summed E-state index contributed by atoms with van der Waals surface area (Å²) in [6.07, 6.45) is 2.89. The summed E-state index contributed by atoms with van der Waals surface area (Å²) in [5.74, 6) is 0. The average Bonchev–Trinajstić information content (AvgIpc) is 2.76. The van der Waals surface area contributed by atoms with Gasteiger partial charge in [0.25, 0.3) is 0 Å². The zero-order chi connectivity index (χ0) is 9.05. The first-order valence-corrected chi connectivity index (χ1v) is 4.98. The van der Waals surface area contributed by atoms with Crippen LogP contribution in [0.15, 0.2) is 18.2 Å². The monoisotopic (exact) mass is 174 g/mol. The molecule has 0 radical (unpaired) electrons. The van der Waals surface area contributed by atoms with Crippen molar-refractivity contribution in [2.45, 2.75) is 38.4 Å². The Hall–Kier alpha value is -0.820. The highest BCUT2D eigenvalue weighted by Gasteiger charge is 2.56. The van der Waals surface area contributed by atoms with Crippen LogP contribution in [-0.4, -0.2) is 6.10 Å². The molecule has 0 N–H and O–H groups in total. The minimum Gasteiger partial charge on any atom is -0.361 e. The van der Waals surface area contributed by atoms with Gasteiger partial charge in [0.1, 0.15) is 5.60 Å². The van der Waals surface area contributed by atoms with Crippen molar-refractivity contribution in [2.24, 2.45) is 0 Å². The predicted octanol–water partition coefficient (Wildman–Crippen LogP) is 2.56. The van der Waals surface area contributed by atoms with Crippen LogP contribution in [-0.2, 0) is 16.8 Å². The van der Waals surface area contributed by atoms with Crippen LogP contribution in [0.3, 0.4) is 0 Å². The number of epoxide rings is 1. The summed E-state index contributed by atoms with van der Waals surface area (Å²) in [5.41, 5.74) is 4.42. The molecule has 0 saturated carbocycles. The first kappa shape index (κ1) is 7.57. The molecule has 0 aromatic heterocycles. The molecule has 0 bridgehead atoms. The molecule has 1 aromatic rings. The topological polar surface area (TPSA) is 12.5 Å². The lowest BCUT2D eigenvalue weighted by Crippen LogP contribution is -2.18. The van der Waals surface area contributed by atoms with Crippen LogP contribution < -0.4 is 0 Å². The summed E-state index contributed by atoms with van der Waals surface area (Å²) in [6.45, 7) is 4.41. The van der Waals surface area contributed by atoms with Crippen molar-refractivity contribution in [1.82, 2.24) is 0 Å². The molecule has 1 aromatic carbocycles. The van der Waals surface area contributed by atoms with Crippen LogP contribution in [0.5, 0.6) is 0 Å². The first-order valence-electron chi connectivity index (χ1n) is 4.98. The van der Waals surface area contributed by atoms with E-state index in [4.69, 9.17) is 4.74 Å². The smallest absolute Gasteiger partial charge is 0.117 e. The number of ether oxygens (including phenoxy) is 1.